The second-order valence-corrected chi connectivity index (χ2v) is 10.0. The first kappa shape index (κ1) is 26.7. The summed E-state index contributed by atoms with van der Waals surface area (Å²) < 4.78 is 5.48. The minimum atomic E-state index is -0.167. The van der Waals surface area contributed by atoms with E-state index in [4.69, 9.17) is 4.74 Å². The van der Waals surface area contributed by atoms with Gasteiger partial charge in [0.2, 0.25) is 5.91 Å². The SMILES string of the molecule is CCC(CC)CN1CC[C@@H](CCC(=O)OCc2ccccc2)N[C@@H](CCN2CCCCC2)C1=O. The lowest BCUT2D eigenvalue weighted by Gasteiger charge is -2.30. The molecule has 0 unspecified atom stereocenters. The third-order valence-corrected chi connectivity index (χ3v) is 7.55. The number of nitrogens with zero attached hydrogens (tertiary/aromatic N) is 2. The van der Waals surface area contributed by atoms with Gasteiger partial charge in [-0.3, -0.25) is 9.59 Å². The number of rotatable bonds is 12. The Morgan fingerprint density at radius 2 is 1.79 bits per heavy atom. The zero-order valence-electron chi connectivity index (χ0n) is 21.3. The molecule has 6 nitrogen and oxygen atoms in total. The van der Waals surface area contributed by atoms with Gasteiger partial charge in [0.1, 0.15) is 6.61 Å². The largest absolute Gasteiger partial charge is 0.461 e. The molecule has 6 heteroatoms. The van der Waals surface area contributed by atoms with Crippen LogP contribution >= 0.6 is 0 Å². The lowest BCUT2D eigenvalue weighted by atomic mass is 10.0. The minimum Gasteiger partial charge on any atom is -0.461 e. The number of likely N-dealkylation sites (tertiary alicyclic amines) is 1. The van der Waals surface area contributed by atoms with Crippen molar-refractivity contribution in [2.24, 2.45) is 5.92 Å². The molecule has 1 aromatic rings. The summed E-state index contributed by atoms with van der Waals surface area (Å²) in [5.41, 5.74) is 1.00. The molecule has 0 aliphatic carbocycles. The van der Waals surface area contributed by atoms with Crippen LogP contribution in [0.15, 0.2) is 30.3 Å². The van der Waals surface area contributed by atoms with Crippen molar-refractivity contribution in [3.05, 3.63) is 35.9 Å². The van der Waals surface area contributed by atoms with Crippen molar-refractivity contribution in [3.63, 3.8) is 0 Å². The van der Waals surface area contributed by atoms with Gasteiger partial charge in [0.25, 0.3) is 0 Å². The molecule has 2 saturated heterocycles. The highest BCUT2D eigenvalue weighted by Gasteiger charge is 2.32. The predicted octanol–water partition coefficient (Wildman–Crippen LogP) is 4.38. The first-order chi connectivity index (χ1) is 16.6. The first-order valence-corrected chi connectivity index (χ1v) is 13.6. The Morgan fingerprint density at radius 1 is 1.06 bits per heavy atom. The van der Waals surface area contributed by atoms with Crippen molar-refractivity contribution in [3.8, 4) is 0 Å². The molecule has 2 heterocycles. The molecule has 0 saturated carbocycles. The fraction of sp³-hybridized carbons (Fsp3) is 0.714. The second kappa shape index (κ2) is 14.5. The van der Waals surface area contributed by atoms with Crippen LogP contribution in [0.25, 0.3) is 0 Å². The minimum absolute atomic E-state index is 0.159. The lowest BCUT2D eigenvalue weighted by Crippen LogP contribution is -2.48. The number of piperidine rings is 1. The summed E-state index contributed by atoms with van der Waals surface area (Å²) in [6.45, 7) is 9.63. The van der Waals surface area contributed by atoms with Crippen LogP contribution in [0.2, 0.25) is 0 Å². The number of amides is 1. The van der Waals surface area contributed by atoms with Crippen molar-refractivity contribution in [1.82, 2.24) is 15.1 Å². The van der Waals surface area contributed by atoms with E-state index in [1.807, 2.05) is 30.3 Å². The quantitative estimate of drug-likeness (QED) is 0.459. The predicted molar refractivity (Wildman–Crippen MR) is 136 cm³/mol. The molecule has 2 fully saturated rings. The fourth-order valence-corrected chi connectivity index (χ4v) is 5.15. The third-order valence-electron chi connectivity index (χ3n) is 7.55. The number of nitrogens with one attached hydrogen (secondary N) is 1. The van der Waals surface area contributed by atoms with E-state index in [0.717, 1.165) is 64.0 Å². The fourth-order valence-electron chi connectivity index (χ4n) is 5.15. The van der Waals surface area contributed by atoms with Gasteiger partial charge in [0, 0.05) is 32.1 Å². The van der Waals surface area contributed by atoms with Crippen LogP contribution in [0.5, 0.6) is 0 Å². The van der Waals surface area contributed by atoms with E-state index in [1.54, 1.807) is 0 Å². The van der Waals surface area contributed by atoms with Crippen LogP contribution < -0.4 is 5.32 Å². The highest BCUT2D eigenvalue weighted by molar-refractivity contribution is 5.82. The third kappa shape index (κ3) is 8.70. The molecule has 2 atom stereocenters. The number of esters is 1. The maximum absolute atomic E-state index is 13.5. The lowest BCUT2D eigenvalue weighted by molar-refractivity contribution is -0.145. The van der Waals surface area contributed by atoms with Crippen LogP contribution in [0.3, 0.4) is 0 Å². The molecule has 1 amide bonds. The zero-order valence-corrected chi connectivity index (χ0v) is 21.3. The summed E-state index contributed by atoms with van der Waals surface area (Å²) in [7, 11) is 0. The van der Waals surface area contributed by atoms with E-state index in [-0.39, 0.29) is 24.0 Å². The van der Waals surface area contributed by atoms with E-state index >= 15 is 0 Å². The Bertz CT molecular complexity index is 732. The van der Waals surface area contributed by atoms with E-state index in [1.165, 1.54) is 19.3 Å². The molecule has 190 valence electrons. The summed E-state index contributed by atoms with van der Waals surface area (Å²) in [4.78, 5) is 30.5. The van der Waals surface area contributed by atoms with Crippen LogP contribution in [0, 0.1) is 5.92 Å². The molecule has 3 rings (SSSR count). The maximum atomic E-state index is 13.5. The molecule has 2 aliphatic heterocycles. The molecule has 0 bridgehead atoms. The molecule has 1 aromatic carbocycles. The van der Waals surface area contributed by atoms with E-state index in [0.29, 0.717) is 25.4 Å². The van der Waals surface area contributed by atoms with Crippen molar-refractivity contribution >= 4 is 11.9 Å². The molecule has 34 heavy (non-hydrogen) atoms. The van der Waals surface area contributed by atoms with Gasteiger partial charge in [-0.1, -0.05) is 63.4 Å². The van der Waals surface area contributed by atoms with Crippen molar-refractivity contribution in [2.45, 2.75) is 90.3 Å². The number of carbonyl (C=O) groups is 2. The van der Waals surface area contributed by atoms with Crippen LogP contribution in [-0.2, 0) is 20.9 Å². The summed E-state index contributed by atoms with van der Waals surface area (Å²) in [5, 5.41) is 3.65. The first-order valence-electron chi connectivity index (χ1n) is 13.6. The number of hydrogen-bond donors (Lipinski definition) is 1. The molecular formula is C28H45N3O3. The van der Waals surface area contributed by atoms with Crippen molar-refractivity contribution in [1.29, 1.82) is 0 Å². The highest BCUT2D eigenvalue weighted by Crippen LogP contribution is 2.19. The summed E-state index contributed by atoms with van der Waals surface area (Å²) >= 11 is 0. The topological polar surface area (TPSA) is 61.9 Å². The summed E-state index contributed by atoms with van der Waals surface area (Å²) in [6, 6.07) is 9.79. The average molecular weight is 472 g/mol. The second-order valence-electron chi connectivity index (χ2n) is 10.0. The van der Waals surface area contributed by atoms with Gasteiger partial charge in [0.15, 0.2) is 0 Å². The number of hydrogen-bond acceptors (Lipinski definition) is 5. The van der Waals surface area contributed by atoms with Crippen molar-refractivity contribution < 1.29 is 14.3 Å². The van der Waals surface area contributed by atoms with Gasteiger partial charge in [-0.15, -0.1) is 0 Å². The zero-order chi connectivity index (χ0) is 24.2. The van der Waals surface area contributed by atoms with Crippen LogP contribution in [0.4, 0.5) is 0 Å². The number of ether oxygens (including phenoxy) is 1. The van der Waals surface area contributed by atoms with Gasteiger partial charge in [0.05, 0.1) is 6.04 Å². The van der Waals surface area contributed by atoms with Gasteiger partial charge >= 0.3 is 5.97 Å². The Balaban J connectivity index is 1.54. The van der Waals surface area contributed by atoms with Gasteiger partial charge in [-0.25, -0.2) is 0 Å². The molecular weight excluding hydrogens is 426 g/mol. The normalized spacial score (nSPS) is 22.1. The summed E-state index contributed by atoms with van der Waals surface area (Å²) in [6.07, 6.45) is 8.87. The van der Waals surface area contributed by atoms with E-state index in [9.17, 15) is 9.59 Å². The van der Waals surface area contributed by atoms with Crippen molar-refractivity contribution in [2.75, 3.05) is 32.7 Å². The van der Waals surface area contributed by atoms with Crippen LogP contribution in [-0.4, -0.2) is 66.5 Å². The van der Waals surface area contributed by atoms with E-state index in [2.05, 4.69) is 29.0 Å². The van der Waals surface area contributed by atoms with Gasteiger partial charge in [-0.2, -0.15) is 0 Å². The molecule has 1 N–H and O–H groups in total. The summed E-state index contributed by atoms with van der Waals surface area (Å²) in [5.74, 6) is 0.634. The highest BCUT2D eigenvalue weighted by atomic mass is 16.5. The molecule has 2 aliphatic rings. The monoisotopic (exact) mass is 471 g/mol. The smallest absolute Gasteiger partial charge is 0.306 e. The van der Waals surface area contributed by atoms with E-state index < -0.39 is 0 Å². The number of carbonyl (C=O) groups excluding carboxylic acids is 2. The Labute approximate surface area is 206 Å². The van der Waals surface area contributed by atoms with Gasteiger partial charge in [-0.05, 0) is 56.7 Å². The molecule has 0 spiro atoms. The standard InChI is InChI=1S/C28H45N3O3/c1-3-23(4-2)21-31-20-15-25(13-14-27(32)34-22-24-11-7-5-8-12-24)29-26(28(31)33)16-19-30-17-9-6-10-18-30/h5,7-8,11-12,23,25-26,29H,3-4,6,9-10,13-22H2,1-2H3/t25-,26+/m1/s1. The molecule has 0 aromatic heterocycles. The maximum Gasteiger partial charge on any atom is 0.306 e. The van der Waals surface area contributed by atoms with Gasteiger partial charge < -0.3 is 19.9 Å². The Kier molecular flexibility index (Phi) is 11.4. The Hall–Kier alpha value is -1.92. The van der Waals surface area contributed by atoms with Crippen LogP contribution in [0.1, 0.15) is 77.2 Å². The average Bonchev–Trinajstić information content (AvgIpc) is 3.03. The Morgan fingerprint density at radius 3 is 2.50 bits per heavy atom. The number of benzene rings is 1. The molecule has 0 radical (unpaired) electrons.